The van der Waals surface area contributed by atoms with Crippen LogP contribution in [-0.4, -0.2) is 42.3 Å². The number of rotatable bonds is 1. The second kappa shape index (κ2) is 6.29. The van der Waals surface area contributed by atoms with Crippen LogP contribution in [0.25, 0.3) is 0 Å². The van der Waals surface area contributed by atoms with Crippen molar-refractivity contribution >= 4 is 5.97 Å². The standard InChI is InChI=1S/C23H34O5/c1-14(24)28-16-4-7-21(2)15(12-16)13-19(25)20-17(21)5-8-22(3)18(20)6-9-23(22)26-10-11-27-23/h13,16-20,25H,4-12H2,1-3H3/t16?,17?,18?,19?,20?,21-,22-/m0/s1. The van der Waals surface area contributed by atoms with E-state index < -0.39 is 11.9 Å². The van der Waals surface area contributed by atoms with Gasteiger partial charge in [0.25, 0.3) is 0 Å². The Kier molecular flexibility index (Phi) is 4.29. The van der Waals surface area contributed by atoms with E-state index >= 15 is 0 Å². The number of hydrogen-bond acceptors (Lipinski definition) is 5. The summed E-state index contributed by atoms with van der Waals surface area (Å²) in [5.41, 5.74) is 1.40. The Labute approximate surface area is 167 Å². The summed E-state index contributed by atoms with van der Waals surface area (Å²) in [5.74, 6) is 0.547. The molecule has 5 heteroatoms. The van der Waals surface area contributed by atoms with E-state index in [-0.39, 0.29) is 28.8 Å². The van der Waals surface area contributed by atoms with Crippen LogP contribution in [0.3, 0.4) is 0 Å². The predicted molar refractivity (Wildman–Crippen MR) is 103 cm³/mol. The molecule has 5 rings (SSSR count). The monoisotopic (exact) mass is 390 g/mol. The summed E-state index contributed by atoms with van der Waals surface area (Å²) in [7, 11) is 0. The lowest BCUT2D eigenvalue weighted by molar-refractivity contribution is -0.246. The summed E-state index contributed by atoms with van der Waals surface area (Å²) in [5, 5.41) is 11.3. The first-order chi connectivity index (χ1) is 13.3. The van der Waals surface area contributed by atoms with E-state index in [1.165, 1.54) is 12.5 Å². The lowest BCUT2D eigenvalue weighted by Gasteiger charge is -2.59. The number of carbonyl (C=O) groups is 1. The van der Waals surface area contributed by atoms with Crippen molar-refractivity contribution in [3.8, 4) is 0 Å². The Bertz CT molecular complexity index is 695. The van der Waals surface area contributed by atoms with Gasteiger partial charge in [0.1, 0.15) is 6.10 Å². The fraction of sp³-hybridized carbons (Fsp3) is 0.870. The summed E-state index contributed by atoms with van der Waals surface area (Å²) in [4.78, 5) is 11.4. The van der Waals surface area contributed by atoms with Gasteiger partial charge in [-0.2, -0.15) is 0 Å². The van der Waals surface area contributed by atoms with Crippen LogP contribution in [0.15, 0.2) is 11.6 Å². The van der Waals surface area contributed by atoms with Crippen LogP contribution in [-0.2, 0) is 19.0 Å². The molecule has 3 saturated carbocycles. The summed E-state index contributed by atoms with van der Waals surface area (Å²) in [6.45, 7) is 7.61. The van der Waals surface area contributed by atoms with Crippen molar-refractivity contribution in [1.29, 1.82) is 0 Å². The topological polar surface area (TPSA) is 65.0 Å². The van der Waals surface area contributed by atoms with E-state index in [9.17, 15) is 9.90 Å². The van der Waals surface area contributed by atoms with Crippen LogP contribution in [0, 0.1) is 28.6 Å². The zero-order valence-corrected chi connectivity index (χ0v) is 17.4. The highest BCUT2D eigenvalue weighted by atomic mass is 16.7. The van der Waals surface area contributed by atoms with Crippen LogP contribution >= 0.6 is 0 Å². The molecule has 0 amide bonds. The third kappa shape index (κ3) is 2.45. The Morgan fingerprint density at radius 2 is 1.82 bits per heavy atom. The van der Waals surface area contributed by atoms with Crippen LogP contribution in [0.2, 0.25) is 0 Å². The molecule has 7 atom stereocenters. The highest BCUT2D eigenvalue weighted by molar-refractivity contribution is 5.66. The minimum absolute atomic E-state index is 0.0116. The minimum Gasteiger partial charge on any atom is -0.462 e. The molecule has 1 heterocycles. The van der Waals surface area contributed by atoms with Crippen molar-refractivity contribution in [1.82, 2.24) is 0 Å². The van der Waals surface area contributed by atoms with Crippen molar-refractivity contribution in [2.45, 2.75) is 83.7 Å². The number of hydrogen-bond donors (Lipinski definition) is 1. The van der Waals surface area contributed by atoms with E-state index in [0.717, 1.165) is 44.9 Å². The third-order valence-corrected chi connectivity index (χ3v) is 9.21. The van der Waals surface area contributed by atoms with Crippen LogP contribution in [0.1, 0.15) is 65.7 Å². The van der Waals surface area contributed by atoms with E-state index in [0.29, 0.717) is 25.0 Å². The highest BCUT2D eigenvalue weighted by Gasteiger charge is 2.67. The summed E-state index contributed by atoms with van der Waals surface area (Å²) in [6, 6.07) is 0. The molecule has 0 aromatic rings. The zero-order valence-electron chi connectivity index (χ0n) is 17.4. The highest BCUT2D eigenvalue weighted by Crippen LogP contribution is 2.68. The van der Waals surface area contributed by atoms with Gasteiger partial charge in [0.2, 0.25) is 0 Å². The van der Waals surface area contributed by atoms with Crippen molar-refractivity contribution in [2.24, 2.45) is 28.6 Å². The lowest BCUT2D eigenvalue weighted by Crippen LogP contribution is -2.58. The first-order valence-corrected chi connectivity index (χ1v) is 11.1. The average molecular weight is 391 g/mol. The Morgan fingerprint density at radius 1 is 1.11 bits per heavy atom. The van der Waals surface area contributed by atoms with Gasteiger partial charge >= 0.3 is 5.97 Å². The smallest absolute Gasteiger partial charge is 0.302 e. The Balaban J connectivity index is 1.46. The first-order valence-electron chi connectivity index (χ1n) is 11.1. The van der Waals surface area contributed by atoms with Crippen molar-refractivity contribution in [2.75, 3.05) is 13.2 Å². The maximum Gasteiger partial charge on any atom is 0.302 e. The van der Waals surface area contributed by atoms with Gasteiger partial charge < -0.3 is 19.3 Å². The van der Waals surface area contributed by atoms with Crippen molar-refractivity contribution in [3.05, 3.63) is 11.6 Å². The zero-order chi connectivity index (χ0) is 19.7. The fourth-order valence-electron chi connectivity index (χ4n) is 7.84. The number of esters is 1. The molecule has 28 heavy (non-hydrogen) atoms. The largest absolute Gasteiger partial charge is 0.462 e. The Hall–Kier alpha value is -0.910. The van der Waals surface area contributed by atoms with Crippen LogP contribution < -0.4 is 0 Å². The summed E-state index contributed by atoms with van der Waals surface area (Å²) in [6.07, 6.45) is 8.61. The summed E-state index contributed by atoms with van der Waals surface area (Å²) < 4.78 is 17.9. The number of aliphatic hydroxyl groups excluding tert-OH is 1. The van der Waals surface area contributed by atoms with Gasteiger partial charge in [-0.3, -0.25) is 4.79 Å². The average Bonchev–Trinajstić information content (AvgIpc) is 3.23. The van der Waals surface area contributed by atoms with Gasteiger partial charge in [-0.15, -0.1) is 0 Å². The minimum atomic E-state index is -0.430. The van der Waals surface area contributed by atoms with Crippen LogP contribution in [0.4, 0.5) is 0 Å². The predicted octanol–water partition coefficient (Wildman–Crippen LogP) is 3.59. The van der Waals surface area contributed by atoms with Gasteiger partial charge in [0, 0.05) is 25.2 Å². The molecule has 1 aliphatic heterocycles. The molecule has 4 fully saturated rings. The molecule has 0 aromatic carbocycles. The van der Waals surface area contributed by atoms with Gasteiger partial charge in [0.05, 0.1) is 19.3 Å². The molecule has 4 aliphatic carbocycles. The molecule has 5 unspecified atom stereocenters. The number of ether oxygens (including phenoxy) is 3. The molecule has 5 nitrogen and oxygen atoms in total. The Morgan fingerprint density at radius 3 is 2.54 bits per heavy atom. The molecule has 0 bridgehead atoms. The van der Waals surface area contributed by atoms with Crippen LogP contribution in [0.5, 0.6) is 0 Å². The molecule has 1 N–H and O–H groups in total. The molecular formula is C23H34O5. The van der Waals surface area contributed by atoms with Gasteiger partial charge in [-0.25, -0.2) is 0 Å². The SMILES string of the molecule is CC(=O)OC1CC[C@@]2(C)C(=CC(O)C3C2CC[C@@]2(C)C3CCC23OCCO3)C1. The first kappa shape index (κ1) is 19.1. The number of fused-ring (bicyclic) bond motifs is 6. The molecule has 1 saturated heterocycles. The molecule has 0 radical (unpaired) electrons. The molecular weight excluding hydrogens is 356 g/mol. The maximum atomic E-state index is 11.4. The van der Waals surface area contributed by atoms with Crippen molar-refractivity contribution in [3.63, 3.8) is 0 Å². The van der Waals surface area contributed by atoms with Crippen molar-refractivity contribution < 1.29 is 24.1 Å². The number of aliphatic hydroxyl groups is 1. The molecule has 156 valence electrons. The molecule has 5 aliphatic rings. The summed E-state index contributed by atoms with van der Waals surface area (Å²) >= 11 is 0. The van der Waals surface area contributed by atoms with E-state index in [2.05, 4.69) is 19.9 Å². The normalized spacial score (nSPS) is 49.1. The maximum absolute atomic E-state index is 11.4. The van der Waals surface area contributed by atoms with E-state index in [4.69, 9.17) is 14.2 Å². The van der Waals surface area contributed by atoms with E-state index in [1.54, 1.807) is 0 Å². The third-order valence-electron chi connectivity index (χ3n) is 9.21. The second-order valence-corrected chi connectivity index (χ2v) is 10.3. The van der Waals surface area contributed by atoms with Gasteiger partial charge in [0.15, 0.2) is 5.79 Å². The molecule has 1 spiro atoms. The van der Waals surface area contributed by atoms with Gasteiger partial charge in [-0.1, -0.05) is 25.5 Å². The molecule has 0 aromatic heterocycles. The second-order valence-electron chi connectivity index (χ2n) is 10.3. The lowest BCUT2D eigenvalue weighted by atomic mass is 9.47. The van der Waals surface area contributed by atoms with E-state index in [1.807, 2.05) is 0 Å². The fourth-order valence-corrected chi connectivity index (χ4v) is 7.84. The quantitative estimate of drug-likeness (QED) is 0.547. The van der Waals surface area contributed by atoms with Gasteiger partial charge in [-0.05, 0) is 55.3 Å². The number of carbonyl (C=O) groups excluding carboxylic acids is 1.